The quantitative estimate of drug-likeness (QED) is 0.533. The summed E-state index contributed by atoms with van der Waals surface area (Å²) in [7, 11) is 0. The topological polar surface area (TPSA) is 95.0 Å². The number of carbonyl (C=O) groups is 2. The Hall–Kier alpha value is -3.45. The first-order valence-corrected chi connectivity index (χ1v) is 11.0. The number of piperidine rings is 1. The molecule has 0 saturated carbocycles. The highest BCUT2D eigenvalue weighted by Crippen LogP contribution is 2.33. The van der Waals surface area contributed by atoms with Gasteiger partial charge in [0.1, 0.15) is 5.82 Å². The van der Waals surface area contributed by atoms with Crippen LogP contribution < -0.4 is 0 Å². The Morgan fingerprint density at radius 2 is 1.71 bits per heavy atom. The summed E-state index contributed by atoms with van der Waals surface area (Å²) < 4.78 is 13.0. The molecule has 0 radical (unpaired) electrons. The van der Waals surface area contributed by atoms with E-state index in [1.54, 1.807) is 23.1 Å². The number of aliphatic hydroxyl groups excluding tert-OH is 1. The van der Waals surface area contributed by atoms with Gasteiger partial charge in [0.15, 0.2) is 12.0 Å². The Morgan fingerprint density at radius 1 is 1.15 bits per heavy atom. The van der Waals surface area contributed by atoms with Crippen LogP contribution in [0.4, 0.5) is 4.39 Å². The van der Waals surface area contributed by atoms with Gasteiger partial charge >= 0.3 is 6.15 Å². The lowest BCUT2D eigenvalue weighted by Crippen LogP contribution is -2.41. The fraction of sp³-hybridized carbons (Fsp3) is 0.346. The molecule has 2 aliphatic heterocycles. The van der Waals surface area contributed by atoms with Gasteiger partial charge in [0.2, 0.25) is 0 Å². The van der Waals surface area contributed by atoms with Crippen molar-refractivity contribution in [3.63, 3.8) is 0 Å². The Morgan fingerprint density at radius 3 is 2.26 bits per heavy atom. The first-order valence-electron chi connectivity index (χ1n) is 11.0. The molecule has 180 valence electrons. The average Bonchev–Trinajstić information content (AvgIpc) is 3.07. The number of carbonyl (C=O) groups excluding carboxylic acids is 4. The summed E-state index contributed by atoms with van der Waals surface area (Å²) in [6.45, 7) is 7.62. The summed E-state index contributed by atoms with van der Waals surface area (Å²) in [6.07, 6.45) is 2.86. The van der Waals surface area contributed by atoms with E-state index in [4.69, 9.17) is 9.59 Å². The van der Waals surface area contributed by atoms with E-state index in [-0.39, 0.29) is 23.7 Å². The number of ketones is 1. The van der Waals surface area contributed by atoms with Gasteiger partial charge in [-0.05, 0) is 69.1 Å². The van der Waals surface area contributed by atoms with Crippen LogP contribution in [0, 0.1) is 11.7 Å². The van der Waals surface area contributed by atoms with Gasteiger partial charge in [0.05, 0.1) is 6.54 Å². The maximum atomic E-state index is 13.0. The number of Topliss-reactive ketones (excluding diaryl/α,β-unsaturated/α-hetero) is 1. The minimum absolute atomic E-state index is 0.0148. The van der Waals surface area contributed by atoms with Crippen molar-refractivity contribution in [3.05, 3.63) is 83.7 Å². The molecule has 8 heteroatoms. The van der Waals surface area contributed by atoms with Gasteiger partial charge in [-0.2, -0.15) is 9.59 Å². The molecule has 7 nitrogen and oxygen atoms in total. The molecular formula is C26H29FN2O5. The Bertz CT molecular complexity index is 1010. The molecule has 1 atom stereocenters. The molecule has 1 unspecified atom stereocenters. The molecule has 0 spiro atoms. The van der Waals surface area contributed by atoms with Crippen molar-refractivity contribution in [2.45, 2.75) is 26.0 Å². The standard InChI is InChI=1S/C22H23FN2O3.C3H6.CO2/c23-17-7-5-16(6-8-17)20(26)14-24-11-9-15(10-12-24)13-25-21(27)18-3-1-2-4-19(18)22(25)28;1-3-2;2-1-3/h1-8,15,21,27H,9-14H2;3H,1H2,2H3;. The summed E-state index contributed by atoms with van der Waals surface area (Å²) in [4.78, 5) is 44.8. The average molecular weight is 469 g/mol. The smallest absolute Gasteiger partial charge is 0.369 e. The Balaban J connectivity index is 0.000000618. The lowest BCUT2D eigenvalue weighted by molar-refractivity contribution is -0.191. The molecule has 2 aliphatic rings. The number of aliphatic hydroxyl groups is 1. The second-order valence-corrected chi connectivity index (χ2v) is 8.06. The van der Waals surface area contributed by atoms with Crippen LogP contribution in [-0.2, 0) is 9.59 Å². The third kappa shape index (κ3) is 7.02. The SMILES string of the molecule is C=CC.O=C(CN1CCC(CN2C(=O)c3ccccc3C2O)CC1)c1ccc(F)cc1.O=C=O. The Kier molecular flexibility index (Phi) is 10.5. The molecule has 0 bridgehead atoms. The summed E-state index contributed by atoms with van der Waals surface area (Å²) >= 11 is 0. The fourth-order valence-electron chi connectivity index (χ4n) is 4.07. The van der Waals surface area contributed by atoms with Crippen LogP contribution in [0.15, 0.2) is 61.2 Å². The highest BCUT2D eigenvalue weighted by Gasteiger charge is 2.36. The molecule has 1 amide bonds. The normalized spacial score (nSPS) is 17.4. The second kappa shape index (κ2) is 13.3. The van der Waals surface area contributed by atoms with E-state index in [2.05, 4.69) is 11.5 Å². The zero-order valence-corrected chi connectivity index (χ0v) is 19.2. The number of benzene rings is 2. The highest BCUT2D eigenvalue weighted by atomic mass is 19.1. The summed E-state index contributed by atoms with van der Waals surface area (Å²) in [5.41, 5.74) is 1.78. The van der Waals surface area contributed by atoms with Gasteiger partial charge in [-0.25, -0.2) is 4.39 Å². The number of hydrogen-bond donors (Lipinski definition) is 1. The number of amides is 1. The number of hydrogen-bond acceptors (Lipinski definition) is 6. The second-order valence-electron chi connectivity index (χ2n) is 8.06. The molecule has 2 aromatic rings. The minimum atomic E-state index is -0.873. The molecule has 1 fully saturated rings. The van der Waals surface area contributed by atoms with Gasteiger partial charge in [0, 0.05) is 23.2 Å². The third-order valence-corrected chi connectivity index (χ3v) is 5.72. The van der Waals surface area contributed by atoms with Crippen molar-refractivity contribution < 1.29 is 28.7 Å². The molecule has 2 aromatic carbocycles. The van der Waals surface area contributed by atoms with Crippen LogP contribution in [-0.4, -0.2) is 58.9 Å². The van der Waals surface area contributed by atoms with Gasteiger partial charge in [-0.15, -0.1) is 6.58 Å². The molecule has 4 rings (SSSR count). The van der Waals surface area contributed by atoms with E-state index in [1.165, 1.54) is 24.3 Å². The van der Waals surface area contributed by atoms with Crippen molar-refractivity contribution in [2.75, 3.05) is 26.2 Å². The van der Waals surface area contributed by atoms with Gasteiger partial charge in [-0.1, -0.05) is 24.3 Å². The number of halogens is 1. The lowest BCUT2D eigenvalue weighted by Gasteiger charge is -2.34. The highest BCUT2D eigenvalue weighted by molar-refractivity contribution is 5.99. The van der Waals surface area contributed by atoms with Crippen LogP contribution in [0.2, 0.25) is 0 Å². The molecular weight excluding hydrogens is 439 g/mol. The van der Waals surface area contributed by atoms with Crippen molar-refractivity contribution in [1.82, 2.24) is 9.80 Å². The van der Waals surface area contributed by atoms with E-state index in [0.717, 1.165) is 25.9 Å². The maximum absolute atomic E-state index is 13.0. The fourth-order valence-corrected chi connectivity index (χ4v) is 4.07. The minimum Gasteiger partial charge on any atom is -0.369 e. The number of allylic oxidation sites excluding steroid dienone is 1. The molecule has 0 aliphatic carbocycles. The van der Waals surface area contributed by atoms with Crippen LogP contribution in [0.25, 0.3) is 0 Å². The molecule has 34 heavy (non-hydrogen) atoms. The number of likely N-dealkylation sites (tertiary alicyclic amines) is 1. The number of nitrogens with zero attached hydrogens (tertiary/aromatic N) is 2. The van der Waals surface area contributed by atoms with E-state index in [9.17, 15) is 19.1 Å². The van der Waals surface area contributed by atoms with Gasteiger partial charge in [-0.3, -0.25) is 14.5 Å². The molecule has 2 heterocycles. The van der Waals surface area contributed by atoms with Crippen LogP contribution in [0.1, 0.15) is 52.3 Å². The Labute approximate surface area is 198 Å². The largest absolute Gasteiger partial charge is 0.373 e. The van der Waals surface area contributed by atoms with Crippen LogP contribution >= 0.6 is 0 Å². The third-order valence-electron chi connectivity index (χ3n) is 5.72. The monoisotopic (exact) mass is 468 g/mol. The van der Waals surface area contributed by atoms with E-state index < -0.39 is 6.23 Å². The number of fused-ring (bicyclic) bond motifs is 1. The summed E-state index contributed by atoms with van der Waals surface area (Å²) in [5.74, 6) is -0.181. The molecule has 0 aromatic heterocycles. The zero-order valence-electron chi connectivity index (χ0n) is 19.2. The first kappa shape index (κ1) is 26.8. The lowest BCUT2D eigenvalue weighted by atomic mass is 9.95. The summed E-state index contributed by atoms with van der Waals surface area (Å²) in [5, 5.41) is 10.5. The molecule has 1 N–H and O–H groups in total. The van der Waals surface area contributed by atoms with Crippen molar-refractivity contribution in [2.24, 2.45) is 5.92 Å². The zero-order chi connectivity index (χ0) is 25.1. The predicted molar refractivity (Wildman–Crippen MR) is 123 cm³/mol. The first-order chi connectivity index (χ1) is 16.4. The van der Waals surface area contributed by atoms with Crippen LogP contribution in [0.5, 0.6) is 0 Å². The van der Waals surface area contributed by atoms with E-state index in [1.807, 2.05) is 19.1 Å². The van der Waals surface area contributed by atoms with Crippen molar-refractivity contribution in [1.29, 1.82) is 0 Å². The predicted octanol–water partition coefficient (Wildman–Crippen LogP) is 3.48. The molecule has 1 saturated heterocycles. The van der Waals surface area contributed by atoms with E-state index in [0.29, 0.717) is 35.7 Å². The van der Waals surface area contributed by atoms with Gasteiger partial charge < -0.3 is 10.0 Å². The van der Waals surface area contributed by atoms with Crippen LogP contribution in [0.3, 0.4) is 0 Å². The number of rotatable bonds is 5. The summed E-state index contributed by atoms with van der Waals surface area (Å²) in [6, 6.07) is 12.8. The maximum Gasteiger partial charge on any atom is 0.373 e. The van der Waals surface area contributed by atoms with Crippen molar-refractivity contribution >= 4 is 17.8 Å². The van der Waals surface area contributed by atoms with E-state index >= 15 is 0 Å². The van der Waals surface area contributed by atoms with Crippen molar-refractivity contribution in [3.8, 4) is 0 Å². The van der Waals surface area contributed by atoms with Gasteiger partial charge in [0.25, 0.3) is 5.91 Å².